The molecular weight excluding hydrogens is 460 g/mol. The van der Waals surface area contributed by atoms with E-state index in [1.807, 2.05) is 29.4 Å². The molecule has 0 aliphatic carbocycles. The largest absolute Gasteiger partial charge is 0.431 e. The fourth-order valence-corrected chi connectivity index (χ4v) is 5.80. The predicted octanol–water partition coefficient (Wildman–Crippen LogP) is 2.87. The van der Waals surface area contributed by atoms with Crippen molar-refractivity contribution in [2.45, 2.75) is 24.8 Å². The third-order valence-corrected chi connectivity index (χ3v) is 7.13. The van der Waals surface area contributed by atoms with Gasteiger partial charge in [0.25, 0.3) is 5.91 Å². The molecule has 0 aromatic carbocycles. The van der Waals surface area contributed by atoms with E-state index >= 15 is 0 Å². The molecular formula is C18H17BrN6O3S. The van der Waals surface area contributed by atoms with Crippen molar-refractivity contribution in [1.29, 1.82) is 0 Å². The summed E-state index contributed by atoms with van der Waals surface area (Å²) in [6.45, 7) is 2.03. The number of hydrogen-bond acceptors (Lipinski definition) is 7. The van der Waals surface area contributed by atoms with Gasteiger partial charge in [-0.25, -0.2) is 15.0 Å². The van der Waals surface area contributed by atoms with Gasteiger partial charge in [0.2, 0.25) is 11.7 Å². The molecule has 29 heavy (non-hydrogen) atoms. The molecule has 5 heterocycles. The number of nitrogens with one attached hydrogen (secondary N) is 1. The number of fused-ring (bicyclic) bond motifs is 2. The van der Waals surface area contributed by atoms with Crippen molar-refractivity contribution in [2.75, 3.05) is 6.54 Å². The second-order valence-corrected chi connectivity index (χ2v) is 9.02. The van der Waals surface area contributed by atoms with E-state index in [9.17, 15) is 9.90 Å². The number of carbonyl (C=O) groups excluding carboxylic acids is 1. The number of carbonyl (C=O) groups is 1. The van der Waals surface area contributed by atoms with E-state index < -0.39 is 16.8 Å². The van der Waals surface area contributed by atoms with E-state index in [1.54, 1.807) is 11.2 Å². The summed E-state index contributed by atoms with van der Waals surface area (Å²) in [7, 11) is -0.624. The number of nitrogens with zero attached hydrogens (tertiary/aromatic N) is 5. The van der Waals surface area contributed by atoms with E-state index in [0.29, 0.717) is 13.0 Å². The van der Waals surface area contributed by atoms with Crippen molar-refractivity contribution in [3.05, 3.63) is 69.5 Å². The number of aliphatic hydroxyl groups excluding tert-OH is 1. The molecule has 1 amide bonds. The van der Waals surface area contributed by atoms with Crippen LogP contribution in [0, 0.1) is 0 Å². The summed E-state index contributed by atoms with van der Waals surface area (Å²) in [5.41, 5.74) is 2.80. The summed E-state index contributed by atoms with van der Waals surface area (Å²) in [6.07, 6.45) is 9.15. The van der Waals surface area contributed by atoms with E-state index in [1.165, 1.54) is 6.92 Å². The Bertz CT molecular complexity index is 1110. The highest BCUT2D eigenvalue weighted by Gasteiger charge is 2.39. The monoisotopic (exact) mass is 476 g/mol. The normalized spacial score (nSPS) is 23.5. The second-order valence-electron chi connectivity index (χ2n) is 6.73. The first-order chi connectivity index (χ1) is 14.0. The zero-order valence-corrected chi connectivity index (χ0v) is 17.7. The Kier molecular flexibility index (Phi) is 4.52. The van der Waals surface area contributed by atoms with Gasteiger partial charge in [0, 0.05) is 30.3 Å². The van der Waals surface area contributed by atoms with Crippen molar-refractivity contribution in [3.8, 4) is 0 Å². The van der Waals surface area contributed by atoms with Crippen LogP contribution >= 0.6 is 15.9 Å². The van der Waals surface area contributed by atoms with Crippen LogP contribution in [0.5, 0.6) is 0 Å². The third kappa shape index (κ3) is 3.09. The van der Waals surface area contributed by atoms with Gasteiger partial charge in [0.1, 0.15) is 11.5 Å². The first kappa shape index (κ1) is 18.5. The molecule has 0 saturated carbocycles. The molecule has 3 aliphatic heterocycles. The van der Waals surface area contributed by atoms with Crippen molar-refractivity contribution in [2.24, 2.45) is 4.47 Å². The number of oxazole rings is 1. The Balaban J connectivity index is 1.56. The van der Waals surface area contributed by atoms with Crippen LogP contribution in [0.3, 0.4) is 0 Å². The molecule has 5 rings (SSSR count). The van der Waals surface area contributed by atoms with Crippen LogP contribution < -0.4 is 0 Å². The molecule has 0 bridgehead atoms. The number of aromatic amines is 1. The molecule has 2 unspecified atom stereocenters. The maximum Gasteiger partial charge on any atom is 0.293 e. The lowest BCUT2D eigenvalue weighted by Crippen LogP contribution is -2.41. The second kappa shape index (κ2) is 7.08. The molecule has 0 radical (unpaired) electrons. The summed E-state index contributed by atoms with van der Waals surface area (Å²) in [5, 5.41) is 13.3. The molecule has 2 N–H and O–H groups in total. The molecule has 2 aromatic rings. The summed E-state index contributed by atoms with van der Waals surface area (Å²) in [6, 6.07) is 0. The third-order valence-electron chi connectivity index (χ3n) is 4.81. The Morgan fingerprint density at radius 2 is 2.34 bits per heavy atom. The highest BCUT2D eigenvalue weighted by atomic mass is 79.9. The zero-order chi connectivity index (χ0) is 20.1. The number of hydrogen-bond donors (Lipinski definition) is 2. The number of H-pyrrole nitrogens is 1. The number of rotatable bonds is 3. The fourth-order valence-electron chi connectivity index (χ4n) is 3.43. The van der Waals surface area contributed by atoms with Gasteiger partial charge in [-0.3, -0.25) is 4.79 Å². The van der Waals surface area contributed by atoms with Gasteiger partial charge in [-0.2, -0.15) is 0 Å². The van der Waals surface area contributed by atoms with Crippen molar-refractivity contribution in [3.63, 3.8) is 0 Å². The van der Waals surface area contributed by atoms with Crippen molar-refractivity contribution < 1.29 is 14.3 Å². The minimum absolute atomic E-state index is 0.0675. The summed E-state index contributed by atoms with van der Waals surface area (Å²) < 4.78 is 10.6. The highest BCUT2D eigenvalue weighted by Crippen LogP contribution is 2.38. The quantitative estimate of drug-likeness (QED) is 0.704. The molecule has 2 aromatic heterocycles. The summed E-state index contributed by atoms with van der Waals surface area (Å²) in [5.74, 6) is -0.151. The van der Waals surface area contributed by atoms with Crippen molar-refractivity contribution in [1.82, 2.24) is 24.9 Å². The molecule has 0 saturated heterocycles. The van der Waals surface area contributed by atoms with Gasteiger partial charge in [-0.1, -0.05) is 6.08 Å². The van der Waals surface area contributed by atoms with E-state index in [2.05, 4.69) is 36.3 Å². The number of allylic oxidation sites excluding steroid dienone is 3. The minimum Gasteiger partial charge on any atom is -0.431 e. The zero-order valence-electron chi connectivity index (χ0n) is 15.3. The molecule has 0 fully saturated rings. The van der Waals surface area contributed by atoms with Crippen LogP contribution in [0.2, 0.25) is 0 Å². The summed E-state index contributed by atoms with van der Waals surface area (Å²) >= 11 is 3.29. The number of amides is 1. The number of halogens is 1. The molecule has 3 atom stereocenters. The Labute approximate surface area is 177 Å². The minimum atomic E-state index is -0.908. The van der Waals surface area contributed by atoms with Gasteiger partial charge < -0.3 is 19.4 Å². The smallest absolute Gasteiger partial charge is 0.293 e. The van der Waals surface area contributed by atoms with Gasteiger partial charge in [-0.15, -0.1) is 4.47 Å². The van der Waals surface area contributed by atoms with Crippen LogP contribution in [0.1, 0.15) is 46.2 Å². The maximum atomic E-state index is 13.4. The standard InChI is InChI=1S/C18H17BrN6O3S/c1-10(26)16-22-15(19)14(28-16)17(27)24-7-5-12-13(21-9-20-12)18(24)29-8-11-4-2-3-6-25(11)23-29/h2-4,6,8-10,18,26H,5,7H2,1H3,(H,20,21)/t10?,18-,29?/m0/s1. The lowest BCUT2D eigenvalue weighted by Gasteiger charge is -2.34. The van der Waals surface area contributed by atoms with Gasteiger partial charge in [-0.05, 0) is 45.7 Å². The lowest BCUT2D eigenvalue weighted by molar-refractivity contribution is 0.0681. The van der Waals surface area contributed by atoms with Crippen LogP contribution in [0.15, 0.2) is 55.4 Å². The van der Waals surface area contributed by atoms with E-state index in [-0.39, 0.29) is 27.5 Å². The fraction of sp³-hybridized carbons (Fsp3) is 0.278. The number of aromatic nitrogens is 3. The first-order valence-corrected chi connectivity index (χ1v) is 11.1. The average molecular weight is 477 g/mol. The molecule has 3 aliphatic rings. The highest BCUT2D eigenvalue weighted by molar-refractivity contribution is 9.10. The van der Waals surface area contributed by atoms with Gasteiger partial charge in [0.05, 0.1) is 17.7 Å². The van der Waals surface area contributed by atoms with Gasteiger partial charge >= 0.3 is 0 Å². The van der Waals surface area contributed by atoms with Crippen LogP contribution in [-0.4, -0.2) is 42.4 Å². The summed E-state index contributed by atoms with van der Waals surface area (Å²) in [4.78, 5) is 26.9. The Morgan fingerprint density at radius 3 is 3.10 bits per heavy atom. The van der Waals surface area contributed by atoms with Gasteiger partial charge in [0.15, 0.2) is 4.60 Å². The predicted molar refractivity (Wildman–Crippen MR) is 109 cm³/mol. The molecule has 9 nitrogen and oxygen atoms in total. The first-order valence-electron chi connectivity index (χ1n) is 9.00. The van der Waals surface area contributed by atoms with E-state index in [0.717, 1.165) is 17.1 Å². The van der Waals surface area contributed by atoms with Crippen LogP contribution in [0.25, 0.3) is 0 Å². The number of imidazole rings is 1. The van der Waals surface area contributed by atoms with E-state index in [4.69, 9.17) is 8.89 Å². The molecule has 11 heteroatoms. The SMILES string of the molecule is CC(O)c1nc(Br)c(C(=O)N2CCc3[nH]cnc3[C@@H]2S2=NN3C=CC=CC3=C2)o1. The Morgan fingerprint density at radius 1 is 1.48 bits per heavy atom. The molecule has 0 spiro atoms. The topological polar surface area (TPSA) is 111 Å². The van der Waals surface area contributed by atoms with Crippen molar-refractivity contribution >= 4 is 32.5 Å². The van der Waals surface area contributed by atoms with Crippen LogP contribution in [0.4, 0.5) is 0 Å². The average Bonchev–Trinajstić information content (AvgIpc) is 3.43. The Hall–Kier alpha value is -2.50. The number of aliphatic hydroxyl groups is 1. The molecule has 150 valence electrons. The lowest BCUT2D eigenvalue weighted by atomic mass is 10.1. The van der Waals surface area contributed by atoms with Crippen LogP contribution in [-0.2, 0) is 17.1 Å². The maximum absolute atomic E-state index is 13.4.